The Kier molecular flexibility index (Phi) is 4.77. The fraction of sp³-hybridized carbons (Fsp3) is 0.350. The van der Waals surface area contributed by atoms with Gasteiger partial charge in [0.1, 0.15) is 5.82 Å². The third-order valence-electron chi connectivity index (χ3n) is 4.85. The molecule has 3 aromatic rings. The summed E-state index contributed by atoms with van der Waals surface area (Å²) in [6.45, 7) is 7.77. The van der Waals surface area contributed by atoms with Gasteiger partial charge in [-0.3, -0.25) is 4.90 Å². The molecule has 1 aromatic carbocycles. The van der Waals surface area contributed by atoms with E-state index in [1.165, 1.54) is 5.56 Å². The first kappa shape index (κ1) is 16.9. The Hall–Kier alpha value is -2.57. The zero-order valence-corrected chi connectivity index (χ0v) is 15.2. The van der Waals surface area contributed by atoms with Gasteiger partial charge in [0.05, 0.1) is 18.9 Å². The molecule has 1 atom stereocenters. The third kappa shape index (κ3) is 3.52. The van der Waals surface area contributed by atoms with Gasteiger partial charge in [-0.15, -0.1) is 0 Å². The molecule has 0 amide bonds. The Bertz CT molecular complexity index is 854. The highest BCUT2D eigenvalue weighted by Gasteiger charge is 2.18. The highest BCUT2D eigenvalue weighted by atomic mass is 16.5. The number of ether oxygens (including phenoxy) is 1. The van der Waals surface area contributed by atoms with E-state index in [-0.39, 0.29) is 0 Å². The Morgan fingerprint density at radius 3 is 2.54 bits per heavy atom. The van der Waals surface area contributed by atoms with Gasteiger partial charge >= 0.3 is 0 Å². The lowest BCUT2D eigenvalue weighted by Crippen LogP contribution is -2.37. The molecule has 0 N–H and O–H groups in total. The van der Waals surface area contributed by atoms with Crippen molar-refractivity contribution in [2.75, 3.05) is 26.3 Å². The molecule has 0 spiro atoms. The first-order chi connectivity index (χ1) is 12.7. The highest BCUT2D eigenvalue weighted by Crippen LogP contribution is 2.25. The number of hydrogen-bond acceptors (Lipinski definition) is 5. The van der Waals surface area contributed by atoms with E-state index in [9.17, 15) is 0 Å². The molecule has 3 heterocycles. The second kappa shape index (κ2) is 7.35. The first-order valence-electron chi connectivity index (χ1n) is 8.98. The molecule has 1 unspecified atom stereocenters. The molecule has 6 heteroatoms. The number of nitrogens with zero attached hydrogens (tertiary/aromatic N) is 5. The minimum absolute atomic E-state index is 0.389. The van der Waals surface area contributed by atoms with Crippen LogP contribution in [0.2, 0.25) is 0 Å². The number of hydrogen-bond donors (Lipinski definition) is 0. The molecular formula is C20H23N5O. The van der Waals surface area contributed by atoms with Crippen molar-refractivity contribution >= 4 is 0 Å². The summed E-state index contributed by atoms with van der Waals surface area (Å²) in [4.78, 5) is 11.5. The lowest BCUT2D eigenvalue weighted by molar-refractivity contribution is 0.0198. The SMILES string of the molecule is Cc1nc(-c2ccc(C(C)N3CCOCC3)cc2)cc(-n2cccn2)n1. The van der Waals surface area contributed by atoms with Crippen molar-refractivity contribution in [3.63, 3.8) is 0 Å². The topological polar surface area (TPSA) is 56.1 Å². The molecular weight excluding hydrogens is 326 g/mol. The molecule has 1 aliphatic rings. The second-order valence-corrected chi connectivity index (χ2v) is 6.56. The van der Waals surface area contributed by atoms with E-state index < -0.39 is 0 Å². The van der Waals surface area contributed by atoms with Crippen molar-refractivity contribution in [2.24, 2.45) is 0 Å². The zero-order valence-electron chi connectivity index (χ0n) is 15.2. The van der Waals surface area contributed by atoms with Gasteiger partial charge in [-0.25, -0.2) is 14.6 Å². The molecule has 0 saturated carbocycles. The van der Waals surface area contributed by atoms with Crippen molar-refractivity contribution in [3.05, 3.63) is 60.2 Å². The summed E-state index contributed by atoms with van der Waals surface area (Å²) < 4.78 is 7.21. The Morgan fingerprint density at radius 2 is 1.85 bits per heavy atom. The van der Waals surface area contributed by atoms with Crippen LogP contribution in [0.3, 0.4) is 0 Å². The molecule has 6 nitrogen and oxygen atoms in total. The summed E-state index contributed by atoms with van der Waals surface area (Å²) in [7, 11) is 0. The van der Waals surface area contributed by atoms with Crippen molar-refractivity contribution in [1.29, 1.82) is 0 Å². The van der Waals surface area contributed by atoms with Crippen LogP contribution in [0.15, 0.2) is 48.8 Å². The molecule has 2 aromatic heterocycles. The van der Waals surface area contributed by atoms with E-state index in [0.717, 1.165) is 49.2 Å². The van der Waals surface area contributed by atoms with Crippen LogP contribution in [0.4, 0.5) is 0 Å². The maximum atomic E-state index is 5.45. The van der Waals surface area contributed by atoms with Crippen LogP contribution in [0.5, 0.6) is 0 Å². The van der Waals surface area contributed by atoms with Crippen LogP contribution in [-0.4, -0.2) is 51.0 Å². The van der Waals surface area contributed by atoms with E-state index in [1.807, 2.05) is 25.3 Å². The zero-order chi connectivity index (χ0) is 17.9. The van der Waals surface area contributed by atoms with Crippen molar-refractivity contribution < 1.29 is 4.74 Å². The van der Waals surface area contributed by atoms with Gasteiger partial charge in [0.25, 0.3) is 0 Å². The van der Waals surface area contributed by atoms with E-state index in [2.05, 4.69) is 51.2 Å². The summed E-state index contributed by atoms with van der Waals surface area (Å²) >= 11 is 0. The number of aryl methyl sites for hydroxylation is 1. The van der Waals surface area contributed by atoms with Crippen molar-refractivity contribution in [3.8, 4) is 17.1 Å². The van der Waals surface area contributed by atoms with Gasteiger partial charge < -0.3 is 4.74 Å². The number of benzene rings is 1. The number of morpholine rings is 1. The number of aromatic nitrogens is 4. The lowest BCUT2D eigenvalue weighted by atomic mass is 10.0. The standard InChI is InChI=1S/C20H23N5O/c1-15(24-10-12-26-13-11-24)17-4-6-18(7-5-17)19-14-20(23-16(2)22-19)25-9-3-8-21-25/h3-9,14-15H,10-13H2,1-2H3. The summed E-state index contributed by atoms with van der Waals surface area (Å²) in [5.41, 5.74) is 3.31. The highest BCUT2D eigenvalue weighted by molar-refractivity contribution is 5.61. The van der Waals surface area contributed by atoms with Crippen LogP contribution in [0.25, 0.3) is 17.1 Å². The molecule has 0 bridgehead atoms. The van der Waals surface area contributed by atoms with Crippen LogP contribution in [0.1, 0.15) is 24.4 Å². The summed E-state index contributed by atoms with van der Waals surface area (Å²) in [6, 6.07) is 12.9. The van der Waals surface area contributed by atoms with Crippen molar-refractivity contribution in [1.82, 2.24) is 24.6 Å². The van der Waals surface area contributed by atoms with Gasteiger partial charge in [0.2, 0.25) is 0 Å². The van der Waals surface area contributed by atoms with E-state index in [4.69, 9.17) is 4.74 Å². The average Bonchev–Trinajstić information content (AvgIpc) is 3.23. The summed E-state index contributed by atoms with van der Waals surface area (Å²) in [5, 5.41) is 4.26. The molecule has 1 saturated heterocycles. The van der Waals surface area contributed by atoms with E-state index in [1.54, 1.807) is 10.9 Å². The summed E-state index contributed by atoms with van der Waals surface area (Å²) in [5.74, 6) is 1.52. The lowest BCUT2D eigenvalue weighted by Gasteiger charge is -2.32. The van der Waals surface area contributed by atoms with Crippen LogP contribution in [0, 0.1) is 6.92 Å². The fourth-order valence-electron chi connectivity index (χ4n) is 3.33. The minimum atomic E-state index is 0.389. The molecule has 0 radical (unpaired) electrons. The van der Waals surface area contributed by atoms with Gasteiger partial charge in [0, 0.05) is 43.2 Å². The Balaban J connectivity index is 1.59. The number of rotatable bonds is 4. The predicted molar refractivity (Wildman–Crippen MR) is 100 cm³/mol. The monoisotopic (exact) mass is 349 g/mol. The second-order valence-electron chi connectivity index (χ2n) is 6.56. The van der Waals surface area contributed by atoms with Crippen LogP contribution >= 0.6 is 0 Å². The maximum absolute atomic E-state index is 5.45. The molecule has 0 aliphatic carbocycles. The largest absolute Gasteiger partial charge is 0.379 e. The van der Waals surface area contributed by atoms with E-state index >= 15 is 0 Å². The normalized spacial score (nSPS) is 16.5. The first-order valence-corrected chi connectivity index (χ1v) is 8.98. The van der Waals surface area contributed by atoms with Crippen LogP contribution < -0.4 is 0 Å². The Morgan fingerprint density at radius 1 is 1.08 bits per heavy atom. The minimum Gasteiger partial charge on any atom is -0.379 e. The fourth-order valence-corrected chi connectivity index (χ4v) is 3.33. The smallest absolute Gasteiger partial charge is 0.157 e. The quantitative estimate of drug-likeness (QED) is 0.725. The molecule has 4 rings (SSSR count). The van der Waals surface area contributed by atoms with E-state index in [0.29, 0.717) is 6.04 Å². The maximum Gasteiger partial charge on any atom is 0.157 e. The van der Waals surface area contributed by atoms with Gasteiger partial charge in [-0.05, 0) is 25.5 Å². The molecule has 26 heavy (non-hydrogen) atoms. The predicted octanol–water partition coefficient (Wildman–Crippen LogP) is 3.03. The van der Waals surface area contributed by atoms with Gasteiger partial charge in [-0.1, -0.05) is 24.3 Å². The van der Waals surface area contributed by atoms with Crippen LogP contribution in [-0.2, 0) is 4.74 Å². The summed E-state index contributed by atoms with van der Waals surface area (Å²) in [6.07, 6.45) is 3.64. The van der Waals surface area contributed by atoms with Gasteiger partial charge in [0.15, 0.2) is 5.82 Å². The van der Waals surface area contributed by atoms with Gasteiger partial charge in [-0.2, -0.15) is 5.10 Å². The molecule has 1 fully saturated rings. The average molecular weight is 349 g/mol. The third-order valence-corrected chi connectivity index (χ3v) is 4.85. The molecule has 134 valence electrons. The van der Waals surface area contributed by atoms with Crippen molar-refractivity contribution in [2.45, 2.75) is 19.9 Å². The Labute approximate surface area is 153 Å². The molecule has 1 aliphatic heterocycles.